The minimum absolute atomic E-state index is 0.0383. The molecule has 1 aromatic carbocycles. The van der Waals surface area contributed by atoms with Gasteiger partial charge in [0.2, 0.25) is 5.91 Å². The van der Waals surface area contributed by atoms with Crippen LogP contribution >= 0.6 is 11.3 Å². The van der Waals surface area contributed by atoms with Crippen molar-refractivity contribution in [2.75, 3.05) is 10.6 Å². The molecule has 6 nitrogen and oxygen atoms in total. The van der Waals surface area contributed by atoms with Gasteiger partial charge in [0.1, 0.15) is 0 Å². The van der Waals surface area contributed by atoms with Crippen LogP contribution in [0.2, 0.25) is 0 Å². The highest BCUT2D eigenvalue weighted by Gasteiger charge is 2.30. The van der Waals surface area contributed by atoms with Gasteiger partial charge in [0.25, 0.3) is 5.91 Å². The molecule has 0 atom stereocenters. The summed E-state index contributed by atoms with van der Waals surface area (Å²) in [6.45, 7) is 0. The zero-order valence-corrected chi connectivity index (χ0v) is 14.4. The Labute approximate surface area is 155 Å². The lowest BCUT2D eigenvalue weighted by Gasteiger charge is -2.09. The van der Waals surface area contributed by atoms with Gasteiger partial charge in [-0.3, -0.25) is 14.9 Å². The summed E-state index contributed by atoms with van der Waals surface area (Å²) < 4.78 is 43.1. The van der Waals surface area contributed by atoms with Crippen molar-refractivity contribution in [3.05, 3.63) is 65.1 Å². The maximum atomic E-state index is 12.7. The predicted molar refractivity (Wildman–Crippen MR) is 92.6 cm³/mol. The van der Waals surface area contributed by atoms with Crippen LogP contribution in [0.4, 0.5) is 24.0 Å². The van der Waals surface area contributed by atoms with Gasteiger partial charge in [-0.1, -0.05) is 6.07 Å². The number of benzene rings is 1. The van der Waals surface area contributed by atoms with Gasteiger partial charge >= 0.3 is 6.18 Å². The van der Waals surface area contributed by atoms with Crippen LogP contribution in [0.25, 0.3) is 0 Å². The molecule has 0 aliphatic rings. The molecule has 2 heterocycles. The Morgan fingerprint density at radius 2 is 1.96 bits per heavy atom. The average Bonchev–Trinajstić information content (AvgIpc) is 3.26. The van der Waals surface area contributed by atoms with Crippen LogP contribution in [0.15, 0.2) is 52.5 Å². The lowest BCUT2D eigenvalue weighted by Crippen LogP contribution is -2.16. The van der Waals surface area contributed by atoms with Crippen LogP contribution in [0.3, 0.4) is 0 Å². The zero-order chi connectivity index (χ0) is 19.4. The lowest BCUT2D eigenvalue weighted by atomic mass is 10.2. The summed E-state index contributed by atoms with van der Waals surface area (Å²) in [5.74, 6) is -0.883. The van der Waals surface area contributed by atoms with E-state index < -0.39 is 23.6 Å². The molecule has 0 aliphatic heterocycles. The normalized spacial score (nSPS) is 11.2. The number of nitrogens with zero attached hydrogens (tertiary/aromatic N) is 1. The number of thiazole rings is 1. The van der Waals surface area contributed by atoms with Gasteiger partial charge in [0.05, 0.1) is 23.9 Å². The number of alkyl halides is 3. The molecule has 0 bridgehead atoms. The Hall–Kier alpha value is -3.14. The zero-order valence-electron chi connectivity index (χ0n) is 13.5. The third kappa shape index (κ3) is 4.94. The number of amides is 2. The summed E-state index contributed by atoms with van der Waals surface area (Å²) in [5, 5.41) is 6.78. The van der Waals surface area contributed by atoms with Gasteiger partial charge in [-0.2, -0.15) is 13.2 Å². The molecule has 3 aromatic rings. The summed E-state index contributed by atoms with van der Waals surface area (Å²) in [6, 6.07) is 7.41. The standard InChI is InChI=1S/C17H12F3N3O3S/c18-17(19,20)10-3-1-4-11(7-10)21-14(24)8-12-9-27-16(22-12)23-15(25)13-5-2-6-26-13/h1-7,9H,8H2,(H,21,24)(H,22,23,25). The van der Waals surface area contributed by atoms with E-state index in [0.717, 1.165) is 23.5 Å². The number of furan rings is 1. The number of nitrogens with one attached hydrogen (secondary N) is 2. The molecule has 140 valence electrons. The molecule has 0 unspecified atom stereocenters. The third-order valence-corrected chi connectivity index (χ3v) is 4.14. The van der Waals surface area contributed by atoms with Crippen LogP contribution in [-0.2, 0) is 17.4 Å². The third-order valence-electron chi connectivity index (χ3n) is 3.33. The average molecular weight is 395 g/mol. The SMILES string of the molecule is O=C(Cc1csc(NC(=O)c2ccco2)n1)Nc1cccc(C(F)(F)F)c1. The van der Waals surface area contributed by atoms with E-state index in [1.54, 1.807) is 11.4 Å². The number of carbonyl (C=O) groups excluding carboxylic acids is 2. The second-order valence-electron chi connectivity index (χ2n) is 5.38. The molecule has 0 aliphatic carbocycles. The van der Waals surface area contributed by atoms with E-state index in [2.05, 4.69) is 15.6 Å². The van der Waals surface area contributed by atoms with Crippen molar-refractivity contribution >= 4 is 34.0 Å². The van der Waals surface area contributed by atoms with E-state index in [9.17, 15) is 22.8 Å². The van der Waals surface area contributed by atoms with E-state index in [1.165, 1.54) is 24.5 Å². The molecule has 0 radical (unpaired) electrons. The first-order valence-corrected chi connectivity index (χ1v) is 8.45. The smallest absolute Gasteiger partial charge is 0.416 e. The Morgan fingerprint density at radius 1 is 1.15 bits per heavy atom. The first-order valence-electron chi connectivity index (χ1n) is 7.57. The largest absolute Gasteiger partial charge is 0.459 e. The second-order valence-corrected chi connectivity index (χ2v) is 6.24. The monoisotopic (exact) mass is 395 g/mol. The fraction of sp³-hybridized carbons (Fsp3) is 0.118. The molecule has 2 N–H and O–H groups in total. The number of anilines is 2. The molecular weight excluding hydrogens is 383 g/mol. The van der Waals surface area contributed by atoms with Crippen molar-refractivity contribution in [2.24, 2.45) is 0 Å². The Balaban J connectivity index is 1.59. The van der Waals surface area contributed by atoms with Gasteiger partial charge in [-0.15, -0.1) is 11.3 Å². The Kier molecular flexibility index (Phi) is 5.26. The van der Waals surface area contributed by atoms with Crippen LogP contribution in [0.1, 0.15) is 21.8 Å². The number of rotatable bonds is 5. The Bertz CT molecular complexity index is 952. The van der Waals surface area contributed by atoms with Crippen molar-refractivity contribution in [3.63, 3.8) is 0 Å². The number of carbonyl (C=O) groups is 2. The van der Waals surface area contributed by atoms with Crippen molar-refractivity contribution in [3.8, 4) is 0 Å². The fourth-order valence-electron chi connectivity index (χ4n) is 2.16. The highest BCUT2D eigenvalue weighted by molar-refractivity contribution is 7.14. The fourth-order valence-corrected chi connectivity index (χ4v) is 2.86. The molecule has 0 fully saturated rings. The summed E-state index contributed by atoms with van der Waals surface area (Å²) in [6.07, 6.45) is -3.28. The first-order chi connectivity index (χ1) is 12.8. The summed E-state index contributed by atoms with van der Waals surface area (Å²) in [4.78, 5) is 28.0. The minimum Gasteiger partial charge on any atom is -0.459 e. The number of hydrogen-bond acceptors (Lipinski definition) is 5. The molecule has 0 saturated heterocycles. The molecule has 2 amide bonds. The second kappa shape index (κ2) is 7.62. The number of hydrogen-bond donors (Lipinski definition) is 2. The minimum atomic E-state index is -4.49. The predicted octanol–water partition coefficient (Wildman–Crippen LogP) is 4.19. The van der Waals surface area contributed by atoms with Crippen molar-refractivity contribution in [1.82, 2.24) is 4.98 Å². The van der Waals surface area contributed by atoms with Crippen molar-refractivity contribution < 1.29 is 27.2 Å². The van der Waals surface area contributed by atoms with E-state index in [4.69, 9.17) is 4.42 Å². The van der Waals surface area contributed by atoms with Gasteiger partial charge in [0.15, 0.2) is 10.9 Å². The van der Waals surface area contributed by atoms with Crippen LogP contribution in [0.5, 0.6) is 0 Å². The first kappa shape index (κ1) is 18.6. The van der Waals surface area contributed by atoms with Crippen LogP contribution in [0, 0.1) is 0 Å². The molecular formula is C17H12F3N3O3S. The topological polar surface area (TPSA) is 84.2 Å². The van der Waals surface area contributed by atoms with E-state index in [0.29, 0.717) is 5.69 Å². The van der Waals surface area contributed by atoms with Crippen LogP contribution < -0.4 is 10.6 Å². The maximum Gasteiger partial charge on any atom is 0.416 e. The molecule has 2 aromatic heterocycles. The molecule has 0 spiro atoms. The quantitative estimate of drug-likeness (QED) is 0.679. The Morgan fingerprint density at radius 3 is 2.67 bits per heavy atom. The van der Waals surface area contributed by atoms with E-state index in [-0.39, 0.29) is 23.0 Å². The summed E-state index contributed by atoms with van der Waals surface area (Å²) >= 11 is 1.12. The van der Waals surface area contributed by atoms with Crippen molar-refractivity contribution in [2.45, 2.75) is 12.6 Å². The van der Waals surface area contributed by atoms with Crippen LogP contribution in [-0.4, -0.2) is 16.8 Å². The van der Waals surface area contributed by atoms with Crippen molar-refractivity contribution in [1.29, 1.82) is 0 Å². The van der Waals surface area contributed by atoms with Gasteiger partial charge < -0.3 is 9.73 Å². The summed E-state index contributed by atoms with van der Waals surface area (Å²) in [5.41, 5.74) is -0.437. The maximum absolute atomic E-state index is 12.7. The molecule has 27 heavy (non-hydrogen) atoms. The number of halogens is 3. The molecule has 3 rings (SSSR count). The van der Waals surface area contributed by atoms with Gasteiger partial charge in [0, 0.05) is 11.1 Å². The molecule has 10 heteroatoms. The van der Waals surface area contributed by atoms with E-state index >= 15 is 0 Å². The van der Waals surface area contributed by atoms with Gasteiger partial charge in [-0.05, 0) is 30.3 Å². The number of aromatic nitrogens is 1. The highest BCUT2D eigenvalue weighted by atomic mass is 32.1. The summed E-state index contributed by atoms with van der Waals surface area (Å²) in [7, 11) is 0. The lowest BCUT2D eigenvalue weighted by molar-refractivity contribution is -0.137. The van der Waals surface area contributed by atoms with Gasteiger partial charge in [-0.25, -0.2) is 4.98 Å². The molecule has 0 saturated carbocycles. The highest BCUT2D eigenvalue weighted by Crippen LogP contribution is 2.30. The van der Waals surface area contributed by atoms with E-state index in [1.807, 2.05) is 0 Å².